The number of hydrogen-bond donors (Lipinski definition) is 0. The van der Waals surface area contributed by atoms with Crippen LogP contribution in [0.15, 0.2) is 72.8 Å². The lowest BCUT2D eigenvalue weighted by molar-refractivity contribution is -0.160. The third-order valence-electron chi connectivity index (χ3n) is 5.33. The molecule has 4 rings (SSSR count). The Kier molecular flexibility index (Phi) is 6.31. The summed E-state index contributed by atoms with van der Waals surface area (Å²) < 4.78 is 15.8. The van der Waals surface area contributed by atoms with E-state index < -0.39 is 30.4 Å². The molecule has 3 aromatic carbocycles. The molecule has 0 amide bonds. The van der Waals surface area contributed by atoms with E-state index in [0.29, 0.717) is 23.3 Å². The summed E-state index contributed by atoms with van der Waals surface area (Å²) in [6.07, 6.45) is 0.513. The van der Waals surface area contributed by atoms with Crippen molar-refractivity contribution in [2.45, 2.75) is 25.9 Å². The number of carbonyl (C=O) groups excluding carboxylic acids is 3. The summed E-state index contributed by atoms with van der Waals surface area (Å²) in [6.45, 7) is 1.37. The van der Waals surface area contributed by atoms with E-state index in [0.717, 1.165) is 16.7 Å². The normalized spacial score (nSPS) is 13.1. The van der Waals surface area contributed by atoms with Gasteiger partial charge in [-0.15, -0.1) is 0 Å². The molecule has 0 saturated carbocycles. The minimum Gasteiger partial charge on any atom is -0.458 e. The van der Waals surface area contributed by atoms with Gasteiger partial charge in [0.1, 0.15) is 12.4 Å². The second-order valence-corrected chi connectivity index (χ2v) is 7.57. The summed E-state index contributed by atoms with van der Waals surface area (Å²) >= 11 is 0. The molecule has 32 heavy (non-hydrogen) atoms. The summed E-state index contributed by atoms with van der Waals surface area (Å²) in [5.41, 5.74) is 3.77. The minimum atomic E-state index is -0.611. The Morgan fingerprint density at radius 2 is 1.69 bits per heavy atom. The SMILES string of the molecule is CC(C(=O)OCC(=O)OCc1ccccc1)c1ccc2c(c1)Cc1ccccc1C(=O)O2. The van der Waals surface area contributed by atoms with Crippen LogP contribution in [-0.4, -0.2) is 24.5 Å². The summed E-state index contributed by atoms with van der Waals surface area (Å²) in [4.78, 5) is 36.8. The van der Waals surface area contributed by atoms with Crippen molar-refractivity contribution in [2.24, 2.45) is 0 Å². The Bertz CT molecular complexity index is 1150. The molecule has 1 aliphatic heterocycles. The zero-order valence-electron chi connectivity index (χ0n) is 17.6. The number of fused-ring (bicyclic) bond motifs is 2. The van der Waals surface area contributed by atoms with Crippen LogP contribution in [0, 0.1) is 0 Å². The van der Waals surface area contributed by atoms with Crippen molar-refractivity contribution in [3.63, 3.8) is 0 Å². The highest BCUT2D eigenvalue weighted by Crippen LogP contribution is 2.31. The monoisotopic (exact) mass is 430 g/mol. The third kappa shape index (κ3) is 4.86. The maximum atomic E-state index is 12.5. The van der Waals surface area contributed by atoms with Gasteiger partial charge in [-0.3, -0.25) is 4.79 Å². The molecule has 0 aliphatic carbocycles. The van der Waals surface area contributed by atoms with Gasteiger partial charge < -0.3 is 14.2 Å². The van der Waals surface area contributed by atoms with Crippen LogP contribution in [0.25, 0.3) is 0 Å². The van der Waals surface area contributed by atoms with Gasteiger partial charge in [0.05, 0.1) is 11.5 Å². The molecule has 3 aromatic rings. The van der Waals surface area contributed by atoms with E-state index in [1.807, 2.05) is 48.5 Å². The fourth-order valence-electron chi connectivity index (χ4n) is 3.51. The van der Waals surface area contributed by atoms with Crippen LogP contribution in [0.5, 0.6) is 5.75 Å². The average Bonchev–Trinajstić information content (AvgIpc) is 2.96. The van der Waals surface area contributed by atoms with Crippen LogP contribution in [-0.2, 0) is 32.1 Å². The Labute approximate surface area is 185 Å². The highest BCUT2D eigenvalue weighted by Gasteiger charge is 2.24. The molecule has 1 heterocycles. The van der Waals surface area contributed by atoms with Crippen LogP contribution in [0.3, 0.4) is 0 Å². The van der Waals surface area contributed by atoms with Gasteiger partial charge in [0.15, 0.2) is 6.61 Å². The molecular formula is C26H22O6. The highest BCUT2D eigenvalue weighted by molar-refractivity contribution is 5.93. The first-order valence-corrected chi connectivity index (χ1v) is 10.3. The first kappa shape index (κ1) is 21.3. The van der Waals surface area contributed by atoms with Crippen molar-refractivity contribution >= 4 is 17.9 Å². The Hall–Kier alpha value is -3.93. The molecule has 0 spiro atoms. The maximum absolute atomic E-state index is 12.5. The third-order valence-corrected chi connectivity index (χ3v) is 5.33. The lowest BCUT2D eigenvalue weighted by atomic mass is 9.95. The van der Waals surface area contributed by atoms with Crippen LogP contribution >= 0.6 is 0 Å². The fraction of sp³-hybridized carbons (Fsp3) is 0.192. The van der Waals surface area contributed by atoms with Gasteiger partial charge in [-0.2, -0.15) is 0 Å². The predicted molar refractivity (Wildman–Crippen MR) is 116 cm³/mol. The van der Waals surface area contributed by atoms with E-state index in [-0.39, 0.29) is 6.61 Å². The Balaban J connectivity index is 1.38. The fourth-order valence-corrected chi connectivity index (χ4v) is 3.51. The molecule has 0 fully saturated rings. The molecule has 6 heteroatoms. The highest BCUT2D eigenvalue weighted by atomic mass is 16.6. The maximum Gasteiger partial charge on any atom is 0.344 e. The first-order valence-electron chi connectivity index (χ1n) is 10.3. The van der Waals surface area contributed by atoms with Gasteiger partial charge in [0, 0.05) is 6.42 Å². The number of hydrogen-bond acceptors (Lipinski definition) is 6. The largest absolute Gasteiger partial charge is 0.458 e. The second kappa shape index (κ2) is 9.47. The van der Waals surface area contributed by atoms with Crippen molar-refractivity contribution in [2.75, 3.05) is 6.61 Å². The number of ether oxygens (including phenoxy) is 3. The Morgan fingerprint density at radius 1 is 0.938 bits per heavy atom. The summed E-state index contributed by atoms with van der Waals surface area (Å²) in [7, 11) is 0. The molecule has 0 radical (unpaired) electrons. The first-order chi connectivity index (χ1) is 15.5. The number of esters is 3. The average molecular weight is 430 g/mol. The van der Waals surface area contributed by atoms with E-state index in [1.165, 1.54) is 0 Å². The van der Waals surface area contributed by atoms with Crippen molar-refractivity contribution < 1.29 is 28.6 Å². The van der Waals surface area contributed by atoms with Gasteiger partial charge in [-0.05, 0) is 41.3 Å². The van der Waals surface area contributed by atoms with E-state index in [2.05, 4.69) is 0 Å². The molecule has 0 bridgehead atoms. The topological polar surface area (TPSA) is 78.9 Å². The standard InChI is InChI=1S/C26H22O6/c1-17(25(28)31-16-24(27)30-15-18-7-3-2-4-8-18)19-11-12-23-21(13-19)14-20-9-5-6-10-22(20)26(29)32-23/h2-13,17H,14-16H2,1H3. The molecule has 1 unspecified atom stereocenters. The van der Waals surface area contributed by atoms with E-state index in [9.17, 15) is 14.4 Å². The van der Waals surface area contributed by atoms with Crippen molar-refractivity contribution in [1.82, 2.24) is 0 Å². The molecule has 162 valence electrons. The van der Waals surface area contributed by atoms with Crippen LogP contribution < -0.4 is 4.74 Å². The van der Waals surface area contributed by atoms with Crippen molar-refractivity contribution in [3.05, 3.63) is 101 Å². The summed E-state index contributed by atoms with van der Waals surface area (Å²) in [5, 5.41) is 0. The summed E-state index contributed by atoms with van der Waals surface area (Å²) in [6, 6.07) is 21.8. The predicted octanol–water partition coefficient (Wildman–Crippen LogP) is 4.20. The quantitative estimate of drug-likeness (QED) is 0.431. The lowest BCUT2D eigenvalue weighted by Gasteiger charge is -2.14. The summed E-state index contributed by atoms with van der Waals surface area (Å²) in [5.74, 6) is -1.67. The Morgan fingerprint density at radius 3 is 2.50 bits per heavy atom. The zero-order chi connectivity index (χ0) is 22.5. The number of benzene rings is 3. The van der Waals surface area contributed by atoms with Crippen LogP contribution in [0.1, 0.15) is 45.5 Å². The van der Waals surface area contributed by atoms with E-state index >= 15 is 0 Å². The van der Waals surface area contributed by atoms with Gasteiger partial charge >= 0.3 is 17.9 Å². The van der Waals surface area contributed by atoms with Crippen LogP contribution in [0.2, 0.25) is 0 Å². The molecule has 6 nitrogen and oxygen atoms in total. The van der Waals surface area contributed by atoms with E-state index in [1.54, 1.807) is 31.2 Å². The molecule has 0 N–H and O–H groups in total. The van der Waals surface area contributed by atoms with Gasteiger partial charge in [0.25, 0.3) is 0 Å². The van der Waals surface area contributed by atoms with Gasteiger partial charge in [-0.25, -0.2) is 9.59 Å². The van der Waals surface area contributed by atoms with Crippen LogP contribution in [0.4, 0.5) is 0 Å². The molecule has 1 atom stereocenters. The molecule has 1 aliphatic rings. The molecule has 0 saturated heterocycles. The number of carbonyl (C=O) groups is 3. The smallest absolute Gasteiger partial charge is 0.344 e. The molecular weight excluding hydrogens is 408 g/mol. The second-order valence-electron chi connectivity index (χ2n) is 7.57. The van der Waals surface area contributed by atoms with Crippen molar-refractivity contribution in [3.8, 4) is 5.75 Å². The van der Waals surface area contributed by atoms with Crippen molar-refractivity contribution in [1.29, 1.82) is 0 Å². The molecule has 0 aromatic heterocycles. The minimum absolute atomic E-state index is 0.123. The lowest BCUT2D eigenvalue weighted by Crippen LogP contribution is -2.20. The van der Waals surface area contributed by atoms with Gasteiger partial charge in [0.2, 0.25) is 0 Å². The van der Waals surface area contributed by atoms with E-state index in [4.69, 9.17) is 14.2 Å². The zero-order valence-corrected chi connectivity index (χ0v) is 17.6. The van der Waals surface area contributed by atoms with Gasteiger partial charge in [-0.1, -0.05) is 60.7 Å². The number of rotatable bonds is 6.